The average Bonchev–Trinajstić information content (AvgIpc) is 3.08. The van der Waals surface area contributed by atoms with Gasteiger partial charge in [0.15, 0.2) is 5.78 Å². The van der Waals surface area contributed by atoms with E-state index in [4.69, 9.17) is 4.74 Å². The molecule has 0 amide bonds. The Hall–Kier alpha value is -0.670. The zero-order chi connectivity index (χ0) is 21.7. The quantitative estimate of drug-likeness (QED) is 0.671. The van der Waals surface area contributed by atoms with E-state index in [-0.39, 0.29) is 23.2 Å². The summed E-state index contributed by atoms with van der Waals surface area (Å²) in [5.74, 6) is 2.64. The largest absolute Gasteiger partial charge is 0.377 e. The summed E-state index contributed by atoms with van der Waals surface area (Å²) in [6.45, 7) is 12.9. The highest BCUT2D eigenvalue weighted by Gasteiger charge is 2.85. The standard InChI is InChI=1S/C27H43NO2/c1-17-26-13-11-22(28-6)23(2,3)20(26)8-9-21-25(5)12-10-18(19(29)16-30-7)24(25,4)14-15-27(17,21)26/h10,17,20-22,28H,8-9,11-16H2,1-7H3/t17-,20+,21+,22+,24-,25+,26?,27+/m1/s1. The number of methoxy groups -OCH3 is 1. The topological polar surface area (TPSA) is 38.3 Å². The molecule has 4 fully saturated rings. The lowest BCUT2D eigenvalue weighted by Crippen LogP contribution is -2.59. The van der Waals surface area contributed by atoms with Crippen LogP contribution in [0, 0.1) is 44.8 Å². The normalized spacial score (nSPS) is 53.1. The Labute approximate surface area is 183 Å². The van der Waals surface area contributed by atoms with Crippen molar-refractivity contribution in [1.29, 1.82) is 0 Å². The molecule has 5 aliphatic carbocycles. The molecule has 0 aromatic heterocycles. The number of carbonyl (C=O) groups excluding carboxylic acids is 1. The molecule has 0 aliphatic heterocycles. The van der Waals surface area contributed by atoms with E-state index in [0.29, 0.717) is 22.3 Å². The van der Waals surface area contributed by atoms with Crippen molar-refractivity contribution in [3.63, 3.8) is 0 Å². The SMILES string of the molecule is CN[C@H]1CCC23[C@@H](C)[C@]24CC[C@]2(C)C(C(=O)COC)=CC[C@@]2(C)[C@@H]4CC[C@H]3C1(C)C. The lowest BCUT2D eigenvalue weighted by Gasteiger charge is -2.63. The Morgan fingerprint density at radius 3 is 2.40 bits per heavy atom. The first-order valence-corrected chi connectivity index (χ1v) is 12.5. The molecule has 5 rings (SSSR count). The molecule has 1 unspecified atom stereocenters. The summed E-state index contributed by atoms with van der Waals surface area (Å²) in [7, 11) is 3.81. The van der Waals surface area contributed by atoms with Crippen LogP contribution in [0.2, 0.25) is 0 Å². The van der Waals surface area contributed by atoms with Crippen LogP contribution in [0.3, 0.4) is 0 Å². The average molecular weight is 414 g/mol. The molecule has 1 N–H and O–H groups in total. The summed E-state index contributed by atoms with van der Waals surface area (Å²) in [6, 6.07) is 0.644. The van der Waals surface area contributed by atoms with Crippen molar-refractivity contribution in [3.8, 4) is 0 Å². The predicted molar refractivity (Wildman–Crippen MR) is 121 cm³/mol. The van der Waals surface area contributed by atoms with Crippen LogP contribution in [0.5, 0.6) is 0 Å². The second-order valence-corrected chi connectivity index (χ2v) is 12.6. The molecule has 2 spiro atoms. The third-order valence-electron chi connectivity index (χ3n) is 12.3. The molecule has 5 aliphatic rings. The van der Waals surface area contributed by atoms with Crippen LogP contribution in [-0.4, -0.2) is 32.6 Å². The maximum absolute atomic E-state index is 12.9. The zero-order valence-electron chi connectivity index (χ0n) is 20.4. The van der Waals surface area contributed by atoms with Gasteiger partial charge in [0.1, 0.15) is 6.61 Å². The molecule has 8 atom stereocenters. The van der Waals surface area contributed by atoms with E-state index in [0.717, 1.165) is 29.7 Å². The highest BCUT2D eigenvalue weighted by atomic mass is 16.5. The van der Waals surface area contributed by atoms with Crippen molar-refractivity contribution in [3.05, 3.63) is 11.6 Å². The van der Waals surface area contributed by atoms with Gasteiger partial charge in [0.05, 0.1) is 0 Å². The Bertz CT molecular complexity index is 801. The number of ketones is 1. The number of allylic oxidation sites excluding steroid dienone is 1. The first-order valence-electron chi connectivity index (χ1n) is 12.5. The highest BCUT2D eigenvalue weighted by molar-refractivity contribution is 5.98. The summed E-state index contributed by atoms with van der Waals surface area (Å²) in [5.41, 5.74) is 2.74. The molecular formula is C27H43NO2. The lowest BCUT2D eigenvalue weighted by molar-refractivity contribution is -0.135. The Kier molecular flexibility index (Phi) is 4.39. The zero-order valence-corrected chi connectivity index (χ0v) is 20.4. The molecule has 3 nitrogen and oxygen atoms in total. The first-order chi connectivity index (χ1) is 14.1. The van der Waals surface area contributed by atoms with Crippen molar-refractivity contribution in [2.24, 2.45) is 44.8 Å². The molecule has 4 saturated carbocycles. The Morgan fingerprint density at radius 2 is 1.73 bits per heavy atom. The molecule has 0 bridgehead atoms. The van der Waals surface area contributed by atoms with Crippen LogP contribution in [0.4, 0.5) is 0 Å². The minimum absolute atomic E-state index is 0.0204. The summed E-state index contributed by atoms with van der Waals surface area (Å²) in [4.78, 5) is 12.9. The van der Waals surface area contributed by atoms with Gasteiger partial charge < -0.3 is 10.1 Å². The van der Waals surface area contributed by atoms with E-state index >= 15 is 0 Å². The molecular weight excluding hydrogens is 370 g/mol. The Balaban J connectivity index is 1.53. The van der Waals surface area contributed by atoms with Gasteiger partial charge in [-0.3, -0.25) is 4.79 Å². The third-order valence-corrected chi connectivity index (χ3v) is 12.3. The second kappa shape index (κ2) is 6.22. The maximum Gasteiger partial charge on any atom is 0.184 e. The lowest BCUT2D eigenvalue weighted by atomic mass is 9.42. The van der Waals surface area contributed by atoms with Gasteiger partial charge in [0, 0.05) is 24.1 Å². The van der Waals surface area contributed by atoms with Gasteiger partial charge in [-0.2, -0.15) is 0 Å². The minimum atomic E-state index is 0.0204. The molecule has 0 radical (unpaired) electrons. The van der Waals surface area contributed by atoms with E-state index in [9.17, 15) is 4.79 Å². The van der Waals surface area contributed by atoms with Crippen LogP contribution in [0.1, 0.15) is 79.6 Å². The summed E-state index contributed by atoms with van der Waals surface area (Å²) in [5, 5.41) is 3.67. The monoisotopic (exact) mass is 413 g/mol. The minimum Gasteiger partial charge on any atom is -0.377 e. The fraction of sp³-hybridized carbons (Fsp3) is 0.889. The fourth-order valence-electron chi connectivity index (χ4n) is 10.8. The van der Waals surface area contributed by atoms with Gasteiger partial charge in [-0.1, -0.05) is 40.7 Å². The molecule has 168 valence electrons. The second-order valence-electron chi connectivity index (χ2n) is 12.6. The smallest absolute Gasteiger partial charge is 0.184 e. The summed E-state index contributed by atoms with van der Waals surface area (Å²) < 4.78 is 5.24. The van der Waals surface area contributed by atoms with E-state index in [1.807, 2.05) is 0 Å². The first kappa shape index (κ1) is 21.2. The van der Waals surface area contributed by atoms with Crippen LogP contribution in [0.15, 0.2) is 11.6 Å². The van der Waals surface area contributed by atoms with Crippen LogP contribution in [-0.2, 0) is 9.53 Å². The molecule has 0 aromatic rings. The number of ether oxygens (including phenoxy) is 1. The van der Waals surface area contributed by atoms with Crippen molar-refractivity contribution >= 4 is 5.78 Å². The van der Waals surface area contributed by atoms with E-state index in [1.165, 1.54) is 38.5 Å². The van der Waals surface area contributed by atoms with Crippen molar-refractivity contribution in [1.82, 2.24) is 5.32 Å². The summed E-state index contributed by atoms with van der Waals surface area (Å²) >= 11 is 0. The third kappa shape index (κ3) is 2.04. The number of hydrogen-bond acceptors (Lipinski definition) is 3. The van der Waals surface area contributed by atoms with Crippen molar-refractivity contribution in [2.45, 2.75) is 85.6 Å². The fourth-order valence-corrected chi connectivity index (χ4v) is 10.8. The van der Waals surface area contributed by atoms with Crippen LogP contribution in [0.25, 0.3) is 0 Å². The molecule has 0 heterocycles. The molecule has 30 heavy (non-hydrogen) atoms. The van der Waals surface area contributed by atoms with Gasteiger partial charge >= 0.3 is 0 Å². The molecule has 0 aromatic carbocycles. The number of fused-ring (bicyclic) bond motifs is 2. The number of rotatable bonds is 4. The number of nitrogens with one attached hydrogen (secondary N) is 1. The van der Waals surface area contributed by atoms with Gasteiger partial charge in [-0.15, -0.1) is 0 Å². The number of carbonyl (C=O) groups is 1. The van der Waals surface area contributed by atoms with E-state index < -0.39 is 0 Å². The van der Waals surface area contributed by atoms with Gasteiger partial charge in [-0.25, -0.2) is 0 Å². The Morgan fingerprint density at radius 1 is 1.07 bits per heavy atom. The van der Waals surface area contributed by atoms with E-state index in [2.05, 4.69) is 53.1 Å². The van der Waals surface area contributed by atoms with Crippen LogP contribution >= 0.6 is 0 Å². The van der Waals surface area contributed by atoms with Crippen molar-refractivity contribution < 1.29 is 9.53 Å². The molecule has 0 saturated heterocycles. The number of Topliss-reactive ketones (excluding diaryl/α,β-unsaturated/α-hetero) is 1. The van der Waals surface area contributed by atoms with Crippen LogP contribution < -0.4 is 5.32 Å². The highest BCUT2D eigenvalue weighted by Crippen LogP contribution is 2.90. The van der Waals surface area contributed by atoms with Gasteiger partial charge in [0.2, 0.25) is 0 Å². The maximum atomic E-state index is 12.9. The number of hydrogen-bond donors (Lipinski definition) is 1. The molecule has 3 heteroatoms. The van der Waals surface area contributed by atoms with Crippen molar-refractivity contribution in [2.75, 3.05) is 20.8 Å². The van der Waals surface area contributed by atoms with Gasteiger partial charge in [0.25, 0.3) is 0 Å². The van der Waals surface area contributed by atoms with E-state index in [1.54, 1.807) is 7.11 Å². The summed E-state index contributed by atoms with van der Waals surface area (Å²) in [6.07, 6.45) is 11.3. The predicted octanol–water partition coefficient (Wildman–Crippen LogP) is 5.40. The van der Waals surface area contributed by atoms with Gasteiger partial charge in [-0.05, 0) is 91.4 Å².